The molecular weight excluding hydrogens is 348 g/mol. The molecule has 2 aromatic carbocycles. The Kier molecular flexibility index (Phi) is 4.67. The molecule has 0 bridgehead atoms. The largest absolute Gasteiger partial charge is 0.507 e. The predicted octanol–water partition coefficient (Wildman–Crippen LogP) is 2.58. The van der Waals surface area contributed by atoms with Gasteiger partial charge in [-0.2, -0.15) is 0 Å². The molecule has 3 aromatic rings. The van der Waals surface area contributed by atoms with Crippen LogP contribution in [0, 0.1) is 0 Å². The number of carbonyl (C=O) groups is 1. The van der Waals surface area contributed by atoms with Crippen molar-refractivity contribution < 1.29 is 28.3 Å². The van der Waals surface area contributed by atoms with Crippen molar-refractivity contribution in [2.45, 2.75) is 11.5 Å². The summed E-state index contributed by atoms with van der Waals surface area (Å²) in [5.74, 6) is -1.05. The van der Waals surface area contributed by atoms with Crippen molar-refractivity contribution in [1.82, 2.24) is 0 Å². The minimum Gasteiger partial charge on any atom is -0.507 e. The van der Waals surface area contributed by atoms with Crippen LogP contribution in [0.15, 0.2) is 38.4 Å². The molecule has 8 heteroatoms. The quantitative estimate of drug-likeness (QED) is 0.414. The Labute approximate surface area is 146 Å². The van der Waals surface area contributed by atoms with E-state index in [0.717, 1.165) is 12.0 Å². The summed E-state index contributed by atoms with van der Waals surface area (Å²) in [7, 11) is 2.64. The first-order valence-corrected chi connectivity index (χ1v) is 7.91. The SMILES string of the molecule is COSc1ccc2oc3cc(CO)cc(O)c3c(=O)c2c1C(=O)OC. The van der Waals surface area contributed by atoms with Crippen molar-refractivity contribution in [2.24, 2.45) is 0 Å². The van der Waals surface area contributed by atoms with E-state index < -0.39 is 11.4 Å². The van der Waals surface area contributed by atoms with E-state index in [0.29, 0.717) is 10.5 Å². The normalized spacial score (nSPS) is 11.2. The Balaban J connectivity index is 2.50. The Morgan fingerprint density at radius 2 is 1.96 bits per heavy atom. The van der Waals surface area contributed by atoms with Crippen LogP contribution in [0.3, 0.4) is 0 Å². The van der Waals surface area contributed by atoms with Gasteiger partial charge >= 0.3 is 5.97 Å². The highest BCUT2D eigenvalue weighted by Gasteiger charge is 2.23. The summed E-state index contributed by atoms with van der Waals surface area (Å²) < 4.78 is 15.5. The van der Waals surface area contributed by atoms with Crippen LogP contribution in [0.2, 0.25) is 0 Å². The molecule has 1 heterocycles. The summed E-state index contributed by atoms with van der Waals surface area (Å²) in [5.41, 5.74) is 0.106. The fraction of sp³-hybridized carbons (Fsp3) is 0.176. The lowest BCUT2D eigenvalue weighted by Crippen LogP contribution is -2.12. The summed E-state index contributed by atoms with van der Waals surface area (Å²) in [5, 5.41) is 19.3. The average molecular weight is 362 g/mol. The lowest BCUT2D eigenvalue weighted by atomic mass is 10.0. The van der Waals surface area contributed by atoms with Crippen molar-refractivity contribution >= 4 is 40.0 Å². The van der Waals surface area contributed by atoms with Gasteiger partial charge in [0.25, 0.3) is 0 Å². The second kappa shape index (κ2) is 6.75. The summed E-state index contributed by atoms with van der Waals surface area (Å²) in [6.45, 7) is -0.317. The number of rotatable bonds is 4. The molecule has 0 atom stereocenters. The van der Waals surface area contributed by atoms with Crippen LogP contribution in [0.5, 0.6) is 5.75 Å². The third-order valence-corrected chi connectivity index (χ3v) is 4.38. The Hall–Kier alpha value is -2.55. The van der Waals surface area contributed by atoms with Gasteiger partial charge in [0.15, 0.2) is 0 Å². The van der Waals surface area contributed by atoms with Crippen molar-refractivity contribution in [2.75, 3.05) is 14.2 Å². The fourth-order valence-electron chi connectivity index (χ4n) is 2.64. The number of carbonyl (C=O) groups excluding carboxylic acids is 1. The van der Waals surface area contributed by atoms with Crippen LogP contribution in [0.25, 0.3) is 21.9 Å². The number of aliphatic hydroxyl groups excluding tert-OH is 1. The van der Waals surface area contributed by atoms with Crippen LogP contribution < -0.4 is 5.43 Å². The van der Waals surface area contributed by atoms with Gasteiger partial charge in [-0.05, 0) is 29.8 Å². The highest BCUT2D eigenvalue weighted by Crippen LogP contribution is 2.33. The van der Waals surface area contributed by atoms with E-state index in [1.54, 1.807) is 6.07 Å². The number of aliphatic hydroxyl groups is 1. The average Bonchev–Trinajstić information content (AvgIpc) is 2.61. The van der Waals surface area contributed by atoms with Crippen LogP contribution >= 0.6 is 12.0 Å². The number of hydrogen-bond donors (Lipinski definition) is 2. The first kappa shape index (κ1) is 17.3. The van der Waals surface area contributed by atoms with E-state index in [1.807, 2.05) is 0 Å². The van der Waals surface area contributed by atoms with Gasteiger partial charge in [-0.15, -0.1) is 0 Å². The maximum Gasteiger partial charge on any atom is 0.339 e. The van der Waals surface area contributed by atoms with E-state index in [-0.39, 0.29) is 39.9 Å². The smallest absolute Gasteiger partial charge is 0.339 e. The Bertz CT molecular complexity index is 1040. The van der Waals surface area contributed by atoms with E-state index in [9.17, 15) is 19.8 Å². The molecule has 0 aliphatic heterocycles. The molecule has 2 N–H and O–H groups in total. The lowest BCUT2D eigenvalue weighted by Gasteiger charge is -2.11. The molecule has 0 unspecified atom stereocenters. The summed E-state index contributed by atoms with van der Waals surface area (Å²) >= 11 is 0.908. The Morgan fingerprint density at radius 3 is 2.60 bits per heavy atom. The second-order valence-electron chi connectivity index (χ2n) is 5.13. The minimum absolute atomic E-state index is 0.00607. The zero-order valence-corrected chi connectivity index (χ0v) is 14.2. The Morgan fingerprint density at radius 1 is 1.20 bits per heavy atom. The number of esters is 1. The number of ether oxygens (including phenoxy) is 1. The number of phenolic OH excluding ortho intramolecular Hbond substituents is 1. The molecule has 25 heavy (non-hydrogen) atoms. The van der Waals surface area contributed by atoms with Gasteiger partial charge in [0.1, 0.15) is 22.3 Å². The lowest BCUT2D eigenvalue weighted by molar-refractivity contribution is 0.0599. The summed E-state index contributed by atoms with van der Waals surface area (Å²) in [6.07, 6.45) is 0. The molecule has 130 valence electrons. The number of methoxy groups -OCH3 is 1. The summed E-state index contributed by atoms with van der Waals surface area (Å²) in [4.78, 5) is 25.6. The molecule has 0 fully saturated rings. The van der Waals surface area contributed by atoms with Gasteiger partial charge in [0.05, 0.1) is 36.7 Å². The monoisotopic (exact) mass is 362 g/mol. The van der Waals surface area contributed by atoms with Gasteiger partial charge in [-0.1, -0.05) is 0 Å². The number of fused-ring (bicyclic) bond motifs is 2. The zero-order chi connectivity index (χ0) is 18.1. The molecule has 0 aliphatic carbocycles. The second-order valence-corrected chi connectivity index (χ2v) is 6.07. The topological polar surface area (TPSA) is 106 Å². The van der Waals surface area contributed by atoms with Gasteiger partial charge in [0.2, 0.25) is 5.43 Å². The molecular formula is C17H14O7S. The zero-order valence-electron chi connectivity index (χ0n) is 13.4. The van der Waals surface area contributed by atoms with Crippen LogP contribution in [0.4, 0.5) is 0 Å². The molecule has 0 saturated carbocycles. The van der Waals surface area contributed by atoms with E-state index in [1.165, 1.54) is 32.4 Å². The first-order chi connectivity index (χ1) is 12.0. The van der Waals surface area contributed by atoms with Gasteiger partial charge in [0, 0.05) is 12.0 Å². The first-order valence-electron chi connectivity index (χ1n) is 7.17. The highest BCUT2D eigenvalue weighted by molar-refractivity contribution is 7.94. The van der Waals surface area contributed by atoms with Crippen LogP contribution in [0.1, 0.15) is 15.9 Å². The molecule has 0 radical (unpaired) electrons. The van der Waals surface area contributed by atoms with E-state index in [4.69, 9.17) is 13.3 Å². The van der Waals surface area contributed by atoms with Crippen molar-refractivity contribution in [3.05, 3.63) is 45.6 Å². The molecule has 0 aliphatic rings. The fourth-order valence-corrected chi connectivity index (χ4v) is 3.21. The van der Waals surface area contributed by atoms with E-state index in [2.05, 4.69) is 0 Å². The minimum atomic E-state index is -0.719. The van der Waals surface area contributed by atoms with Crippen molar-refractivity contribution in [1.29, 1.82) is 0 Å². The third-order valence-electron chi connectivity index (χ3n) is 3.69. The number of phenols is 1. The standard InChI is InChI=1S/C17H14O7S/c1-22-17(21)15-12(25-23-2)4-3-10-14(15)16(20)13-9(19)5-8(7-18)6-11(13)24-10/h3-6,18-19H,7H2,1-2H3. The number of hydrogen-bond acceptors (Lipinski definition) is 8. The third kappa shape index (κ3) is 2.84. The van der Waals surface area contributed by atoms with Gasteiger partial charge in [-0.3, -0.25) is 4.79 Å². The van der Waals surface area contributed by atoms with Crippen LogP contribution in [-0.4, -0.2) is 30.4 Å². The number of benzene rings is 2. The highest BCUT2D eigenvalue weighted by atomic mass is 32.2. The van der Waals surface area contributed by atoms with Gasteiger partial charge < -0.3 is 23.6 Å². The van der Waals surface area contributed by atoms with E-state index >= 15 is 0 Å². The molecule has 0 spiro atoms. The van der Waals surface area contributed by atoms with Gasteiger partial charge in [-0.25, -0.2) is 4.79 Å². The van der Waals surface area contributed by atoms with Crippen molar-refractivity contribution in [3.8, 4) is 5.75 Å². The van der Waals surface area contributed by atoms with Crippen LogP contribution in [-0.2, 0) is 15.5 Å². The summed E-state index contributed by atoms with van der Waals surface area (Å²) in [6, 6.07) is 5.85. The maximum absolute atomic E-state index is 13.0. The maximum atomic E-state index is 13.0. The predicted molar refractivity (Wildman–Crippen MR) is 91.8 cm³/mol. The number of aromatic hydroxyl groups is 1. The molecule has 7 nitrogen and oxygen atoms in total. The molecule has 3 rings (SSSR count). The molecule has 0 saturated heterocycles. The molecule has 0 amide bonds. The van der Waals surface area contributed by atoms with Crippen molar-refractivity contribution in [3.63, 3.8) is 0 Å². The molecule has 1 aromatic heterocycles.